The van der Waals surface area contributed by atoms with Crippen molar-refractivity contribution in [3.8, 4) is 17.2 Å². The summed E-state index contributed by atoms with van der Waals surface area (Å²) >= 11 is 5.99. The Labute approximate surface area is 208 Å². The summed E-state index contributed by atoms with van der Waals surface area (Å²) < 4.78 is 17.6. The predicted molar refractivity (Wildman–Crippen MR) is 136 cm³/mol. The highest BCUT2D eigenvalue weighted by molar-refractivity contribution is 6.30. The molecule has 0 atom stereocenters. The number of aromatic nitrogens is 1. The molecule has 8 heteroatoms. The quantitative estimate of drug-likeness (QED) is 0.368. The summed E-state index contributed by atoms with van der Waals surface area (Å²) in [6.45, 7) is 1.83. The molecule has 0 aliphatic rings. The molecule has 7 nitrogen and oxygen atoms in total. The van der Waals surface area contributed by atoms with Gasteiger partial charge < -0.3 is 19.5 Å². The van der Waals surface area contributed by atoms with E-state index in [4.69, 9.17) is 25.8 Å². The number of hydrogen-bond donors (Lipinski definition) is 1. The Hall–Kier alpha value is -3.97. The van der Waals surface area contributed by atoms with Gasteiger partial charge in [-0.15, -0.1) is 0 Å². The maximum Gasteiger partial charge on any atom is 0.262 e. The number of benzene rings is 3. The van der Waals surface area contributed by atoms with Crippen molar-refractivity contribution in [2.24, 2.45) is 0 Å². The number of carbonyl (C=O) groups excluding carboxylic acids is 2. The second kappa shape index (κ2) is 10.1. The monoisotopic (exact) mass is 492 g/mol. The van der Waals surface area contributed by atoms with Crippen molar-refractivity contribution < 1.29 is 23.8 Å². The molecule has 0 spiro atoms. The van der Waals surface area contributed by atoms with Crippen molar-refractivity contribution in [1.82, 2.24) is 4.57 Å². The van der Waals surface area contributed by atoms with Crippen LogP contribution in [0.3, 0.4) is 0 Å². The number of methoxy groups -OCH3 is 3. The summed E-state index contributed by atoms with van der Waals surface area (Å²) in [5, 5.41) is 4.22. The van der Waals surface area contributed by atoms with Crippen molar-refractivity contribution in [3.63, 3.8) is 0 Å². The van der Waals surface area contributed by atoms with Gasteiger partial charge in [-0.05, 0) is 67.1 Å². The number of ether oxygens (including phenoxy) is 3. The van der Waals surface area contributed by atoms with E-state index in [0.29, 0.717) is 44.7 Å². The molecule has 0 unspecified atom stereocenters. The number of rotatable bonds is 7. The molecule has 0 aliphatic carbocycles. The van der Waals surface area contributed by atoms with E-state index in [9.17, 15) is 9.59 Å². The van der Waals surface area contributed by atoms with E-state index >= 15 is 0 Å². The largest absolute Gasteiger partial charge is 0.497 e. The second-order valence-electron chi connectivity index (χ2n) is 7.89. The van der Waals surface area contributed by atoms with Crippen LogP contribution in [0.5, 0.6) is 17.2 Å². The first-order valence-electron chi connectivity index (χ1n) is 10.9. The molecule has 3 aromatic carbocycles. The zero-order valence-electron chi connectivity index (χ0n) is 19.8. The summed E-state index contributed by atoms with van der Waals surface area (Å²) in [6.07, 6.45) is 0.0603. The molecule has 35 heavy (non-hydrogen) atoms. The molecule has 1 N–H and O–H groups in total. The topological polar surface area (TPSA) is 78.8 Å². The number of carbonyl (C=O) groups is 2. The summed E-state index contributed by atoms with van der Waals surface area (Å²) in [4.78, 5) is 26.5. The first kappa shape index (κ1) is 24.2. The molecular formula is C27H25ClN2O5. The Bertz CT molecular complexity index is 1410. The number of halogens is 1. The molecule has 1 amide bonds. The van der Waals surface area contributed by atoms with Crippen LogP contribution in [0.1, 0.15) is 21.6 Å². The molecule has 4 rings (SSSR count). The van der Waals surface area contributed by atoms with E-state index in [1.807, 2.05) is 19.1 Å². The van der Waals surface area contributed by atoms with E-state index in [1.54, 1.807) is 67.3 Å². The smallest absolute Gasteiger partial charge is 0.262 e. The molecule has 0 saturated heterocycles. The highest BCUT2D eigenvalue weighted by atomic mass is 35.5. The van der Waals surface area contributed by atoms with Gasteiger partial charge in [-0.2, -0.15) is 0 Å². The van der Waals surface area contributed by atoms with Gasteiger partial charge in [0.05, 0.1) is 33.3 Å². The van der Waals surface area contributed by atoms with E-state index < -0.39 is 0 Å². The molecule has 0 saturated carbocycles. The zero-order chi connectivity index (χ0) is 25.1. The zero-order valence-corrected chi connectivity index (χ0v) is 20.6. The minimum atomic E-state index is -0.235. The van der Waals surface area contributed by atoms with Gasteiger partial charge >= 0.3 is 0 Å². The maximum absolute atomic E-state index is 13.4. The Morgan fingerprint density at radius 3 is 2.26 bits per heavy atom. The third kappa shape index (κ3) is 4.81. The van der Waals surface area contributed by atoms with Crippen LogP contribution in [-0.4, -0.2) is 37.7 Å². The molecule has 0 radical (unpaired) electrons. The SMILES string of the molecule is COc1ccc2c(c1)c(CC(=O)Nc1ccc(OC)c(OC)c1)c(C)n2C(=O)c1ccc(Cl)cc1. The standard InChI is InChI=1S/C27H25ClN2O5/c1-16-21(15-26(31)29-19-9-12-24(34-3)25(13-19)35-4)22-14-20(33-2)10-11-23(22)30(16)27(32)17-5-7-18(28)8-6-17/h5-14H,15H2,1-4H3,(H,29,31). The Morgan fingerprint density at radius 1 is 0.886 bits per heavy atom. The van der Waals surface area contributed by atoms with E-state index in [1.165, 1.54) is 7.11 Å². The number of nitrogens with zero attached hydrogens (tertiary/aromatic N) is 1. The highest BCUT2D eigenvalue weighted by Gasteiger charge is 2.22. The molecule has 1 aromatic heterocycles. The van der Waals surface area contributed by atoms with Crippen molar-refractivity contribution in [2.45, 2.75) is 13.3 Å². The van der Waals surface area contributed by atoms with Gasteiger partial charge in [0.25, 0.3) is 5.91 Å². The van der Waals surface area contributed by atoms with Crippen LogP contribution >= 0.6 is 11.6 Å². The number of amides is 1. The number of anilines is 1. The van der Waals surface area contributed by atoms with Crippen LogP contribution < -0.4 is 19.5 Å². The fraction of sp³-hybridized carbons (Fsp3) is 0.185. The van der Waals surface area contributed by atoms with Gasteiger partial charge in [0.1, 0.15) is 5.75 Å². The fourth-order valence-corrected chi connectivity index (χ4v) is 4.20. The van der Waals surface area contributed by atoms with Gasteiger partial charge in [0.2, 0.25) is 5.91 Å². The number of hydrogen-bond acceptors (Lipinski definition) is 5. The number of fused-ring (bicyclic) bond motifs is 1. The van der Waals surface area contributed by atoms with Crippen molar-refractivity contribution >= 4 is 40.0 Å². The Balaban J connectivity index is 1.71. The van der Waals surface area contributed by atoms with Crippen molar-refractivity contribution in [1.29, 1.82) is 0 Å². The van der Waals surface area contributed by atoms with Crippen LogP contribution in [0.25, 0.3) is 10.9 Å². The van der Waals surface area contributed by atoms with Gasteiger partial charge in [-0.1, -0.05) is 11.6 Å². The van der Waals surface area contributed by atoms with E-state index in [-0.39, 0.29) is 18.2 Å². The molecule has 1 heterocycles. The van der Waals surface area contributed by atoms with E-state index in [0.717, 1.165) is 10.9 Å². The Kier molecular flexibility index (Phi) is 6.98. The lowest BCUT2D eigenvalue weighted by molar-refractivity contribution is -0.115. The van der Waals surface area contributed by atoms with Crippen LogP contribution in [0.15, 0.2) is 60.7 Å². The Morgan fingerprint density at radius 2 is 1.60 bits per heavy atom. The van der Waals surface area contributed by atoms with Crippen molar-refractivity contribution in [3.05, 3.63) is 82.5 Å². The molecule has 0 aliphatic heterocycles. The fourth-order valence-electron chi connectivity index (χ4n) is 4.08. The highest BCUT2D eigenvalue weighted by Crippen LogP contribution is 2.32. The minimum Gasteiger partial charge on any atom is -0.497 e. The lowest BCUT2D eigenvalue weighted by Crippen LogP contribution is -2.16. The molecule has 4 aromatic rings. The van der Waals surface area contributed by atoms with Crippen LogP contribution in [0.2, 0.25) is 5.02 Å². The normalized spacial score (nSPS) is 10.8. The van der Waals surface area contributed by atoms with Gasteiger partial charge in [0, 0.05) is 33.4 Å². The summed E-state index contributed by atoms with van der Waals surface area (Å²) in [5.74, 6) is 1.27. The molecule has 0 fully saturated rings. The lowest BCUT2D eigenvalue weighted by Gasteiger charge is -2.11. The predicted octanol–water partition coefficient (Wildman–Crippen LogP) is 5.50. The van der Waals surface area contributed by atoms with Gasteiger partial charge in [-0.3, -0.25) is 14.2 Å². The molecule has 0 bridgehead atoms. The van der Waals surface area contributed by atoms with Gasteiger partial charge in [-0.25, -0.2) is 0 Å². The van der Waals surface area contributed by atoms with Gasteiger partial charge in [0.15, 0.2) is 11.5 Å². The first-order valence-corrected chi connectivity index (χ1v) is 11.2. The third-order valence-corrected chi connectivity index (χ3v) is 6.09. The number of nitrogens with one attached hydrogen (secondary N) is 1. The first-order chi connectivity index (χ1) is 16.9. The van der Waals surface area contributed by atoms with Crippen LogP contribution in [0.4, 0.5) is 5.69 Å². The average molecular weight is 493 g/mol. The van der Waals surface area contributed by atoms with Crippen LogP contribution in [0, 0.1) is 6.92 Å². The lowest BCUT2D eigenvalue weighted by atomic mass is 10.1. The second-order valence-corrected chi connectivity index (χ2v) is 8.33. The average Bonchev–Trinajstić information content (AvgIpc) is 3.14. The third-order valence-electron chi connectivity index (χ3n) is 5.84. The molecule has 180 valence electrons. The molecular weight excluding hydrogens is 468 g/mol. The summed E-state index contributed by atoms with van der Waals surface area (Å²) in [6, 6.07) is 17.3. The van der Waals surface area contributed by atoms with Crippen LogP contribution in [-0.2, 0) is 11.2 Å². The summed E-state index contributed by atoms with van der Waals surface area (Å²) in [7, 11) is 4.66. The van der Waals surface area contributed by atoms with E-state index in [2.05, 4.69) is 5.32 Å². The minimum absolute atomic E-state index is 0.0603. The summed E-state index contributed by atoms with van der Waals surface area (Å²) in [5.41, 5.74) is 3.17. The van der Waals surface area contributed by atoms with Crippen molar-refractivity contribution in [2.75, 3.05) is 26.6 Å². The maximum atomic E-state index is 13.4.